The van der Waals surface area contributed by atoms with E-state index in [1.54, 1.807) is 0 Å². The number of esters is 1. The van der Waals surface area contributed by atoms with Gasteiger partial charge in [-0.05, 0) is 37.5 Å². The van der Waals surface area contributed by atoms with E-state index in [1.807, 2.05) is 0 Å². The maximum atomic E-state index is 11.9. The van der Waals surface area contributed by atoms with Gasteiger partial charge in [-0.2, -0.15) is 0 Å². The summed E-state index contributed by atoms with van der Waals surface area (Å²) in [6.07, 6.45) is 5.05. The van der Waals surface area contributed by atoms with Gasteiger partial charge in [-0.1, -0.05) is 6.42 Å². The number of hydrogen-bond acceptors (Lipinski definition) is 4. The lowest BCUT2D eigenvalue weighted by Gasteiger charge is -2.22. The summed E-state index contributed by atoms with van der Waals surface area (Å²) < 4.78 is 31.0. The van der Waals surface area contributed by atoms with Crippen LogP contribution in [0.25, 0.3) is 0 Å². The highest BCUT2D eigenvalue weighted by Gasteiger charge is 2.40. The van der Waals surface area contributed by atoms with Gasteiger partial charge in [0.1, 0.15) is 0 Å². The number of sulfonamides is 1. The Hall–Kier alpha value is -0.620. The number of fused-ring (bicyclic) bond motifs is 2. The average Bonchev–Trinajstić information content (AvgIpc) is 2.89. The van der Waals surface area contributed by atoms with Crippen LogP contribution in [0.3, 0.4) is 0 Å². The molecule has 0 radical (unpaired) electrons. The number of methoxy groups -OCH3 is 1. The molecule has 0 aromatic rings. The highest BCUT2D eigenvalue weighted by atomic mass is 32.2. The molecular weight excluding hydrogens is 254 g/mol. The van der Waals surface area contributed by atoms with E-state index < -0.39 is 10.0 Å². The van der Waals surface area contributed by atoms with Crippen LogP contribution in [0.15, 0.2) is 0 Å². The van der Waals surface area contributed by atoms with E-state index in [-0.39, 0.29) is 24.2 Å². The molecule has 2 aliphatic carbocycles. The third-order valence-electron chi connectivity index (χ3n) is 4.09. The van der Waals surface area contributed by atoms with Crippen molar-refractivity contribution in [1.82, 2.24) is 4.72 Å². The van der Waals surface area contributed by atoms with E-state index in [2.05, 4.69) is 9.46 Å². The molecule has 2 aliphatic rings. The van der Waals surface area contributed by atoms with Crippen LogP contribution in [0.2, 0.25) is 0 Å². The van der Waals surface area contributed by atoms with Gasteiger partial charge in [-0.15, -0.1) is 0 Å². The second-order valence-electron chi connectivity index (χ2n) is 5.40. The standard InChI is InChI=1S/C12H21NO4S/c1-17-12(14)3-2-6-18(15,16)13-11-8-9-4-5-10(11)7-9/h9-11,13H,2-8H2,1H3. The fraction of sp³-hybridized carbons (Fsp3) is 0.917. The van der Waals surface area contributed by atoms with Gasteiger partial charge in [0.15, 0.2) is 0 Å². The molecule has 0 aliphatic heterocycles. The predicted molar refractivity (Wildman–Crippen MR) is 67.4 cm³/mol. The number of hydrogen-bond donors (Lipinski definition) is 1. The third-order valence-corrected chi connectivity index (χ3v) is 5.58. The first-order chi connectivity index (χ1) is 8.50. The van der Waals surface area contributed by atoms with E-state index in [9.17, 15) is 13.2 Å². The number of nitrogens with one attached hydrogen (secondary N) is 1. The lowest BCUT2D eigenvalue weighted by atomic mass is 9.96. The van der Waals surface area contributed by atoms with Gasteiger partial charge in [0.2, 0.25) is 10.0 Å². The zero-order valence-electron chi connectivity index (χ0n) is 10.7. The fourth-order valence-electron chi connectivity index (χ4n) is 3.19. The summed E-state index contributed by atoms with van der Waals surface area (Å²) in [6.45, 7) is 0. The Kier molecular flexibility index (Phi) is 4.27. The van der Waals surface area contributed by atoms with Crippen LogP contribution in [0.1, 0.15) is 38.5 Å². The van der Waals surface area contributed by atoms with E-state index in [0.717, 1.165) is 18.8 Å². The van der Waals surface area contributed by atoms with Crippen molar-refractivity contribution in [3.05, 3.63) is 0 Å². The molecule has 5 nitrogen and oxygen atoms in total. The fourth-order valence-corrected chi connectivity index (χ4v) is 4.58. The molecule has 0 amide bonds. The number of rotatable bonds is 6. The maximum Gasteiger partial charge on any atom is 0.305 e. The van der Waals surface area contributed by atoms with E-state index in [0.29, 0.717) is 12.3 Å². The molecular formula is C12H21NO4S. The zero-order chi connectivity index (χ0) is 13.2. The van der Waals surface area contributed by atoms with E-state index >= 15 is 0 Å². The summed E-state index contributed by atoms with van der Waals surface area (Å²) in [6, 6.07) is 0.131. The molecule has 3 atom stereocenters. The van der Waals surface area contributed by atoms with Gasteiger partial charge < -0.3 is 4.74 Å². The van der Waals surface area contributed by atoms with Crippen LogP contribution >= 0.6 is 0 Å². The highest BCUT2D eigenvalue weighted by molar-refractivity contribution is 7.89. The molecule has 0 spiro atoms. The Morgan fingerprint density at radius 2 is 2.11 bits per heavy atom. The second kappa shape index (κ2) is 5.57. The van der Waals surface area contributed by atoms with E-state index in [1.165, 1.54) is 20.0 Å². The first-order valence-electron chi connectivity index (χ1n) is 6.57. The topological polar surface area (TPSA) is 72.5 Å². The average molecular weight is 275 g/mol. The maximum absolute atomic E-state index is 11.9. The van der Waals surface area contributed by atoms with Crippen molar-refractivity contribution in [2.45, 2.75) is 44.6 Å². The molecule has 6 heteroatoms. The number of carbonyl (C=O) groups excluding carboxylic acids is 1. The highest BCUT2D eigenvalue weighted by Crippen LogP contribution is 2.44. The van der Waals surface area contributed by atoms with E-state index in [4.69, 9.17) is 0 Å². The summed E-state index contributed by atoms with van der Waals surface area (Å²) in [5.74, 6) is 0.906. The predicted octanol–water partition coefficient (Wildman–Crippen LogP) is 1.05. The zero-order valence-corrected chi connectivity index (χ0v) is 11.5. The molecule has 2 fully saturated rings. The van der Waals surface area contributed by atoms with Gasteiger partial charge in [-0.25, -0.2) is 13.1 Å². The minimum absolute atomic E-state index is 0.00991. The molecule has 1 N–H and O–H groups in total. The van der Waals surface area contributed by atoms with Gasteiger partial charge >= 0.3 is 5.97 Å². The number of carbonyl (C=O) groups is 1. The molecule has 2 rings (SSSR count). The van der Waals surface area contributed by atoms with Crippen LogP contribution in [0.4, 0.5) is 0 Å². The first-order valence-corrected chi connectivity index (χ1v) is 8.22. The second-order valence-corrected chi connectivity index (χ2v) is 7.27. The third kappa shape index (κ3) is 3.45. The summed E-state index contributed by atoms with van der Waals surface area (Å²) in [5.41, 5.74) is 0. The number of ether oxygens (including phenoxy) is 1. The summed E-state index contributed by atoms with van der Waals surface area (Å²) in [4.78, 5) is 10.9. The Balaban J connectivity index is 1.75. The van der Waals surface area contributed by atoms with Crippen molar-refractivity contribution in [3.8, 4) is 0 Å². The van der Waals surface area contributed by atoms with Crippen LogP contribution in [0.5, 0.6) is 0 Å². The van der Waals surface area contributed by atoms with Gasteiger partial charge in [-0.3, -0.25) is 4.79 Å². The lowest BCUT2D eigenvalue weighted by Crippen LogP contribution is -2.39. The Bertz CT molecular complexity index is 406. The van der Waals surface area contributed by atoms with Crippen LogP contribution in [0, 0.1) is 11.8 Å². The minimum atomic E-state index is -3.25. The largest absolute Gasteiger partial charge is 0.469 e. The normalized spacial score (nSPS) is 30.6. The molecule has 3 unspecified atom stereocenters. The molecule has 2 saturated carbocycles. The SMILES string of the molecule is COC(=O)CCCS(=O)(=O)NC1CC2CCC1C2. The molecule has 0 aromatic heterocycles. The van der Waals surface area contributed by atoms with Crippen molar-refractivity contribution < 1.29 is 17.9 Å². The van der Waals surface area contributed by atoms with Gasteiger partial charge in [0.05, 0.1) is 12.9 Å². The van der Waals surface area contributed by atoms with Crippen LogP contribution in [-0.2, 0) is 19.6 Å². The summed E-state index contributed by atoms with van der Waals surface area (Å²) in [7, 11) is -1.94. The summed E-state index contributed by atoms with van der Waals surface area (Å²) >= 11 is 0. The van der Waals surface area contributed by atoms with Gasteiger partial charge in [0.25, 0.3) is 0 Å². The molecule has 18 heavy (non-hydrogen) atoms. The molecule has 0 heterocycles. The van der Waals surface area contributed by atoms with Crippen molar-refractivity contribution in [3.63, 3.8) is 0 Å². The van der Waals surface area contributed by atoms with Crippen molar-refractivity contribution in [2.24, 2.45) is 11.8 Å². The minimum Gasteiger partial charge on any atom is -0.469 e. The molecule has 0 saturated heterocycles. The smallest absolute Gasteiger partial charge is 0.305 e. The summed E-state index contributed by atoms with van der Waals surface area (Å²) in [5, 5.41) is 0. The van der Waals surface area contributed by atoms with Gasteiger partial charge in [0, 0.05) is 12.5 Å². The molecule has 104 valence electrons. The lowest BCUT2D eigenvalue weighted by molar-refractivity contribution is -0.140. The monoisotopic (exact) mass is 275 g/mol. The quantitative estimate of drug-likeness (QED) is 0.735. The van der Waals surface area contributed by atoms with Crippen LogP contribution < -0.4 is 4.72 Å². The van der Waals surface area contributed by atoms with Crippen molar-refractivity contribution in [1.29, 1.82) is 0 Å². The van der Waals surface area contributed by atoms with Crippen LogP contribution in [-0.4, -0.2) is 33.3 Å². The Morgan fingerprint density at radius 1 is 1.33 bits per heavy atom. The Morgan fingerprint density at radius 3 is 2.67 bits per heavy atom. The Labute approximate surface area is 108 Å². The molecule has 0 aromatic carbocycles. The van der Waals surface area contributed by atoms with Crippen molar-refractivity contribution >= 4 is 16.0 Å². The van der Waals surface area contributed by atoms with Crippen molar-refractivity contribution in [2.75, 3.05) is 12.9 Å². The molecule has 2 bridgehead atoms. The first kappa shape index (κ1) is 13.8.